The van der Waals surface area contributed by atoms with Crippen LogP contribution >= 0.6 is 0 Å². The van der Waals surface area contributed by atoms with E-state index in [2.05, 4.69) is 19.8 Å². The molecule has 1 aliphatic carbocycles. The van der Waals surface area contributed by atoms with Gasteiger partial charge in [-0.25, -0.2) is 19.8 Å². The van der Waals surface area contributed by atoms with E-state index in [9.17, 15) is 10.2 Å². The van der Waals surface area contributed by atoms with Crippen LogP contribution in [0.3, 0.4) is 0 Å². The van der Waals surface area contributed by atoms with Crippen molar-refractivity contribution in [1.82, 2.24) is 19.5 Å². The lowest BCUT2D eigenvalue weighted by atomic mass is 9.80. The van der Waals surface area contributed by atoms with E-state index in [1.54, 1.807) is 6.07 Å². The molecule has 5 rings (SSSR count). The normalized spacial score (nSPS) is 25.0. The molecule has 0 aliphatic heterocycles. The first-order chi connectivity index (χ1) is 15.8. The second-order valence-corrected chi connectivity index (χ2v) is 9.11. The fraction of sp³-hybridized carbons (Fsp3) is 0.333. The first kappa shape index (κ1) is 21.1. The minimum atomic E-state index is -0.924. The number of nitrogens with two attached hydrogens (primary N) is 2. The summed E-state index contributed by atoms with van der Waals surface area (Å²) in [5.41, 5.74) is 14.1. The Kier molecular flexibility index (Phi) is 4.92. The van der Waals surface area contributed by atoms with Gasteiger partial charge in [-0.1, -0.05) is 19.1 Å². The fourth-order valence-corrected chi connectivity index (χ4v) is 5.00. The second-order valence-electron chi connectivity index (χ2n) is 9.11. The Balaban J connectivity index is 1.38. The molecule has 0 spiro atoms. The topological polar surface area (TPSA) is 140 Å². The first-order valence-corrected chi connectivity index (χ1v) is 10.8. The van der Waals surface area contributed by atoms with Crippen molar-refractivity contribution in [2.24, 2.45) is 5.41 Å². The van der Waals surface area contributed by atoms with Gasteiger partial charge in [-0.2, -0.15) is 0 Å². The summed E-state index contributed by atoms with van der Waals surface area (Å²) in [5.74, 6) is 0.616. The predicted octanol–water partition coefficient (Wildman–Crippen LogP) is 3.00. The number of nitrogen functional groups attached to an aromatic ring is 2. The summed E-state index contributed by atoms with van der Waals surface area (Å²) >= 11 is 0. The molecule has 0 amide bonds. The van der Waals surface area contributed by atoms with Crippen LogP contribution in [0.5, 0.6) is 0 Å². The maximum absolute atomic E-state index is 11.0. The second kappa shape index (κ2) is 7.69. The van der Waals surface area contributed by atoms with Gasteiger partial charge in [-0.3, -0.25) is 0 Å². The van der Waals surface area contributed by atoms with Crippen molar-refractivity contribution in [2.75, 3.05) is 11.5 Å². The van der Waals surface area contributed by atoms with Gasteiger partial charge in [0, 0.05) is 6.20 Å². The Morgan fingerprint density at radius 1 is 1.18 bits per heavy atom. The molecule has 0 radical (unpaired) electrons. The number of anilines is 2. The van der Waals surface area contributed by atoms with E-state index < -0.39 is 17.6 Å². The largest absolute Gasteiger partial charge is 0.392 e. The Bertz CT molecular complexity index is 1410. The lowest BCUT2D eigenvalue weighted by Crippen LogP contribution is -2.35. The van der Waals surface area contributed by atoms with E-state index in [0.717, 1.165) is 21.9 Å². The summed E-state index contributed by atoms with van der Waals surface area (Å²) < 4.78 is 1.89. The number of fused-ring (bicyclic) bond motifs is 2. The van der Waals surface area contributed by atoms with Crippen LogP contribution in [-0.2, 0) is 6.42 Å². The Morgan fingerprint density at radius 3 is 2.79 bits per heavy atom. The van der Waals surface area contributed by atoms with E-state index in [0.29, 0.717) is 36.4 Å². The summed E-state index contributed by atoms with van der Waals surface area (Å²) in [6.07, 6.45) is 3.43. The van der Waals surface area contributed by atoms with Crippen LogP contribution < -0.4 is 11.5 Å². The summed E-state index contributed by atoms with van der Waals surface area (Å²) in [6.45, 7) is 9.20. The number of aliphatic hydroxyl groups excluding tert-OH is 2. The smallest absolute Gasteiger partial charge is 0.228 e. The number of hydrogen-bond donors (Lipinski definition) is 4. The molecule has 0 saturated heterocycles. The lowest BCUT2D eigenvalue weighted by Gasteiger charge is -2.28. The molecule has 33 heavy (non-hydrogen) atoms. The fourth-order valence-electron chi connectivity index (χ4n) is 5.00. The van der Waals surface area contributed by atoms with Crippen LogP contribution in [0.1, 0.15) is 31.4 Å². The third-order valence-electron chi connectivity index (χ3n) is 7.00. The molecule has 4 atom stereocenters. The highest BCUT2D eigenvalue weighted by Crippen LogP contribution is 2.48. The Morgan fingerprint density at radius 2 is 2.00 bits per heavy atom. The molecule has 3 heterocycles. The van der Waals surface area contributed by atoms with Gasteiger partial charge in [0.25, 0.3) is 0 Å². The molecule has 1 aliphatic rings. The van der Waals surface area contributed by atoms with Crippen LogP contribution in [0.4, 0.5) is 17.3 Å². The highest BCUT2D eigenvalue weighted by molar-refractivity contribution is 5.87. The highest BCUT2D eigenvalue weighted by atomic mass is 16.3. The standard InChI is InChI=1S/C24H25N7O2/c1-24(7-5-13-3-4-14-10-17(27-2)22(26)30-16(14)9-13)11-18(19(32)20(24)33)31-8-6-15-21(25)28-12-29-23(15)31/h3-4,6,8-10,12,18-20,32-33H,5,7,11H2,1H3,(H2,26,30)(H2,25,28,29)/t18-,19+,20+,24+/m1/s1. The monoisotopic (exact) mass is 443 g/mol. The summed E-state index contributed by atoms with van der Waals surface area (Å²) in [5, 5.41) is 23.5. The summed E-state index contributed by atoms with van der Waals surface area (Å²) in [6, 6.07) is 9.18. The van der Waals surface area contributed by atoms with Gasteiger partial charge >= 0.3 is 0 Å². The van der Waals surface area contributed by atoms with Crippen LogP contribution in [0.25, 0.3) is 26.8 Å². The molecule has 0 unspecified atom stereocenters. The molecule has 168 valence electrons. The summed E-state index contributed by atoms with van der Waals surface area (Å²) in [4.78, 5) is 16.1. The van der Waals surface area contributed by atoms with Gasteiger partial charge in [0.1, 0.15) is 29.7 Å². The molecule has 9 heteroatoms. The Hall–Kier alpha value is -3.74. The predicted molar refractivity (Wildman–Crippen MR) is 126 cm³/mol. The average molecular weight is 444 g/mol. The first-order valence-electron chi connectivity index (χ1n) is 10.8. The number of aliphatic hydroxyl groups is 2. The van der Waals surface area contributed by atoms with Crippen LogP contribution in [0.15, 0.2) is 42.9 Å². The van der Waals surface area contributed by atoms with E-state index >= 15 is 0 Å². The van der Waals surface area contributed by atoms with E-state index in [4.69, 9.17) is 18.0 Å². The van der Waals surface area contributed by atoms with Crippen molar-refractivity contribution in [3.63, 3.8) is 0 Å². The summed E-state index contributed by atoms with van der Waals surface area (Å²) in [7, 11) is 0. The maximum atomic E-state index is 11.0. The van der Waals surface area contributed by atoms with Gasteiger partial charge in [0.2, 0.25) is 5.69 Å². The van der Waals surface area contributed by atoms with E-state index in [1.807, 2.05) is 42.0 Å². The molecule has 4 aromatic rings. The molecular weight excluding hydrogens is 418 g/mol. The quantitative estimate of drug-likeness (QED) is 0.355. The SMILES string of the molecule is [C-]#[N+]c1cc2ccc(CC[C@@]3(C)C[C@@H](n4ccc5c(N)ncnc54)[C@H](O)[C@@H]3O)cc2nc1N. The average Bonchev–Trinajstić information content (AvgIpc) is 3.33. The van der Waals surface area contributed by atoms with Crippen LogP contribution in [0, 0.1) is 12.0 Å². The molecule has 0 bridgehead atoms. The zero-order valence-electron chi connectivity index (χ0n) is 18.2. The lowest BCUT2D eigenvalue weighted by molar-refractivity contribution is -0.0241. The molecule has 9 nitrogen and oxygen atoms in total. The van der Waals surface area contributed by atoms with Crippen molar-refractivity contribution >= 4 is 39.3 Å². The Labute approximate surface area is 190 Å². The van der Waals surface area contributed by atoms with Gasteiger partial charge in [-0.05, 0) is 53.8 Å². The minimum Gasteiger partial charge on any atom is -0.392 e. The van der Waals surface area contributed by atoms with Gasteiger partial charge < -0.3 is 26.2 Å². The number of aryl methyl sites for hydroxylation is 1. The third kappa shape index (κ3) is 3.44. The van der Waals surface area contributed by atoms with Gasteiger partial charge in [0.15, 0.2) is 0 Å². The molecule has 1 fully saturated rings. The van der Waals surface area contributed by atoms with Crippen molar-refractivity contribution in [3.8, 4) is 0 Å². The van der Waals surface area contributed by atoms with Crippen molar-refractivity contribution in [1.29, 1.82) is 0 Å². The van der Waals surface area contributed by atoms with Crippen molar-refractivity contribution in [3.05, 3.63) is 59.8 Å². The van der Waals surface area contributed by atoms with E-state index in [1.165, 1.54) is 6.33 Å². The maximum Gasteiger partial charge on any atom is 0.228 e. The van der Waals surface area contributed by atoms with Gasteiger partial charge in [-0.15, -0.1) is 0 Å². The number of nitrogens with zero attached hydrogens (tertiary/aromatic N) is 5. The van der Waals surface area contributed by atoms with Gasteiger partial charge in [0.05, 0.1) is 29.6 Å². The van der Waals surface area contributed by atoms with E-state index in [-0.39, 0.29) is 11.9 Å². The highest BCUT2D eigenvalue weighted by Gasteiger charge is 2.50. The third-order valence-corrected chi connectivity index (χ3v) is 7.00. The van der Waals surface area contributed by atoms with Crippen LogP contribution in [0.2, 0.25) is 0 Å². The molecule has 1 aromatic carbocycles. The molecule has 6 N–H and O–H groups in total. The number of pyridine rings is 1. The molecule has 1 saturated carbocycles. The zero-order valence-corrected chi connectivity index (χ0v) is 18.2. The van der Waals surface area contributed by atoms with Crippen molar-refractivity contribution in [2.45, 2.75) is 44.4 Å². The van der Waals surface area contributed by atoms with Crippen molar-refractivity contribution < 1.29 is 10.2 Å². The number of aromatic nitrogens is 4. The number of hydrogen-bond acceptors (Lipinski definition) is 7. The number of rotatable bonds is 4. The molecular formula is C24H25N7O2. The zero-order chi connectivity index (χ0) is 23.3. The number of benzene rings is 1. The molecule has 3 aromatic heterocycles. The van der Waals surface area contributed by atoms with Crippen LogP contribution in [-0.4, -0.2) is 41.9 Å². The minimum absolute atomic E-state index is 0.224.